The minimum absolute atomic E-state index is 0.0199. The molecule has 1 aromatic carbocycles. The first-order valence-electron chi connectivity index (χ1n) is 9.75. The highest BCUT2D eigenvalue weighted by Gasteiger charge is 2.23. The van der Waals surface area contributed by atoms with Crippen LogP contribution in [0.5, 0.6) is 0 Å². The van der Waals surface area contributed by atoms with Crippen LogP contribution in [0.15, 0.2) is 30.3 Å². The average molecular weight is 390 g/mol. The Morgan fingerprint density at radius 1 is 1.11 bits per heavy atom. The number of benzene rings is 1. The van der Waals surface area contributed by atoms with Crippen LogP contribution < -0.4 is 21.7 Å². The maximum atomic E-state index is 12.1. The lowest BCUT2D eigenvalue weighted by molar-refractivity contribution is -0.127. The van der Waals surface area contributed by atoms with E-state index in [0.29, 0.717) is 6.54 Å². The van der Waals surface area contributed by atoms with Crippen LogP contribution in [0.2, 0.25) is 0 Å². The number of anilines is 1. The van der Waals surface area contributed by atoms with Crippen molar-refractivity contribution in [3.05, 3.63) is 30.3 Å². The monoisotopic (exact) mass is 389 g/mol. The van der Waals surface area contributed by atoms with Gasteiger partial charge in [-0.1, -0.05) is 32.0 Å². The van der Waals surface area contributed by atoms with Gasteiger partial charge in [-0.15, -0.1) is 0 Å². The fourth-order valence-electron chi connectivity index (χ4n) is 3.03. The van der Waals surface area contributed by atoms with Crippen LogP contribution in [-0.4, -0.2) is 60.9 Å². The smallest absolute Gasteiger partial charge is 0.239 e. The lowest BCUT2D eigenvalue weighted by Crippen LogP contribution is -2.50. The molecule has 28 heavy (non-hydrogen) atoms. The fourth-order valence-corrected chi connectivity index (χ4v) is 3.03. The van der Waals surface area contributed by atoms with Gasteiger partial charge in [-0.2, -0.15) is 0 Å². The summed E-state index contributed by atoms with van der Waals surface area (Å²) in [6, 6.07) is 8.80. The van der Waals surface area contributed by atoms with Gasteiger partial charge >= 0.3 is 0 Å². The third-order valence-corrected chi connectivity index (χ3v) is 4.82. The molecule has 0 aliphatic carbocycles. The van der Waals surface area contributed by atoms with Crippen LogP contribution in [0, 0.1) is 5.92 Å². The highest BCUT2D eigenvalue weighted by atomic mass is 16.2. The molecule has 3 amide bonds. The van der Waals surface area contributed by atoms with Crippen molar-refractivity contribution < 1.29 is 14.4 Å². The largest absolute Gasteiger partial charge is 0.352 e. The molecule has 1 aromatic rings. The number of rotatable bonds is 8. The predicted molar refractivity (Wildman–Crippen MR) is 108 cm³/mol. The second-order valence-electron chi connectivity index (χ2n) is 7.52. The molecule has 0 aromatic heterocycles. The number of nitrogens with two attached hydrogens (primary N) is 1. The summed E-state index contributed by atoms with van der Waals surface area (Å²) in [4.78, 5) is 38.0. The summed E-state index contributed by atoms with van der Waals surface area (Å²) in [7, 11) is 0. The van der Waals surface area contributed by atoms with E-state index in [1.807, 2.05) is 44.2 Å². The van der Waals surface area contributed by atoms with Crippen LogP contribution in [-0.2, 0) is 14.4 Å². The number of hydrogen-bond donors (Lipinski definition) is 4. The first-order valence-corrected chi connectivity index (χ1v) is 9.75. The lowest BCUT2D eigenvalue weighted by Gasteiger charge is -2.31. The van der Waals surface area contributed by atoms with E-state index in [1.54, 1.807) is 0 Å². The first kappa shape index (κ1) is 21.8. The molecule has 0 bridgehead atoms. The molecule has 0 spiro atoms. The van der Waals surface area contributed by atoms with Gasteiger partial charge in [-0.25, -0.2) is 0 Å². The number of carbonyl (C=O) groups is 3. The Kier molecular flexibility index (Phi) is 8.41. The average Bonchev–Trinajstić information content (AvgIpc) is 2.67. The fraction of sp³-hybridized carbons (Fsp3) is 0.550. The number of piperidine rings is 1. The van der Waals surface area contributed by atoms with Crippen LogP contribution in [0.1, 0.15) is 26.7 Å². The zero-order valence-electron chi connectivity index (χ0n) is 16.6. The van der Waals surface area contributed by atoms with Crippen molar-refractivity contribution >= 4 is 23.4 Å². The molecule has 0 saturated carbocycles. The van der Waals surface area contributed by atoms with Crippen molar-refractivity contribution in [2.45, 2.75) is 38.8 Å². The Morgan fingerprint density at radius 3 is 2.36 bits per heavy atom. The molecule has 1 aliphatic rings. The summed E-state index contributed by atoms with van der Waals surface area (Å²) in [5, 5.41) is 8.38. The summed E-state index contributed by atoms with van der Waals surface area (Å²) in [6.45, 7) is 5.45. The first-order chi connectivity index (χ1) is 13.3. The molecule has 154 valence electrons. The standard InChI is InChI=1S/C20H31N5O3/c1-14(2)19(21)20(28)22-12-17(26)23-16-8-10-25(11-9-16)13-18(27)24-15-6-4-3-5-7-15/h3-7,14,16,19H,8-13,21H2,1-2H3,(H,22,28)(H,23,26)(H,24,27)/t19-/m0/s1. The summed E-state index contributed by atoms with van der Waals surface area (Å²) in [6.07, 6.45) is 1.54. The van der Waals surface area contributed by atoms with Crippen molar-refractivity contribution in [2.24, 2.45) is 11.7 Å². The van der Waals surface area contributed by atoms with Crippen LogP contribution >= 0.6 is 0 Å². The zero-order chi connectivity index (χ0) is 20.5. The van der Waals surface area contributed by atoms with E-state index in [2.05, 4.69) is 20.9 Å². The molecule has 0 radical (unpaired) electrons. The summed E-state index contributed by atoms with van der Waals surface area (Å²) < 4.78 is 0. The number of nitrogens with one attached hydrogen (secondary N) is 3. The number of likely N-dealkylation sites (tertiary alicyclic amines) is 1. The Bertz CT molecular complexity index is 657. The molecular weight excluding hydrogens is 358 g/mol. The van der Waals surface area contributed by atoms with Gasteiger partial charge in [0.2, 0.25) is 17.7 Å². The van der Waals surface area contributed by atoms with Crippen molar-refractivity contribution in [1.29, 1.82) is 0 Å². The van der Waals surface area contributed by atoms with Crippen molar-refractivity contribution in [1.82, 2.24) is 15.5 Å². The zero-order valence-corrected chi connectivity index (χ0v) is 16.6. The van der Waals surface area contributed by atoms with Crippen molar-refractivity contribution in [3.63, 3.8) is 0 Å². The Labute approximate surface area is 166 Å². The highest BCUT2D eigenvalue weighted by molar-refractivity contribution is 5.92. The quantitative estimate of drug-likeness (QED) is 0.510. The third-order valence-electron chi connectivity index (χ3n) is 4.82. The van der Waals surface area contributed by atoms with Gasteiger partial charge in [0.25, 0.3) is 0 Å². The van der Waals surface area contributed by atoms with Crippen molar-refractivity contribution in [3.8, 4) is 0 Å². The molecule has 1 fully saturated rings. The highest BCUT2D eigenvalue weighted by Crippen LogP contribution is 2.11. The Hall–Kier alpha value is -2.45. The van der Waals surface area contributed by atoms with Gasteiger partial charge in [0.05, 0.1) is 19.1 Å². The van der Waals surface area contributed by atoms with Gasteiger partial charge in [0, 0.05) is 24.8 Å². The minimum atomic E-state index is -0.613. The molecule has 1 aliphatic heterocycles. The Balaban J connectivity index is 1.64. The molecule has 0 unspecified atom stereocenters. The predicted octanol–water partition coefficient (Wildman–Crippen LogP) is 0.305. The molecule has 5 N–H and O–H groups in total. The topological polar surface area (TPSA) is 117 Å². The van der Waals surface area contributed by atoms with E-state index >= 15 is 0 Å². The van der Waals surface area contributed by atoms with Crippen molar-refractivity contribution in [2.75, 3.05) is 31.5 Å². The van der Waals surface area contributed by atoms with Crippen LogP contribution in [0.4, 0.5) is 5.69 Å². The number of carbonyl (C=O) groups excluding carboxylic acids is 3. The summed E-state index contributed by atoms with van der Waals surface area (Å²) in [5.41, 5.74) is 6.54. The van der Waals surface area contributed by atoms with E-state index in [-0.39, 0.29) is 36.2 Å². The van der Waals surface area contributed by atoms with Gasteiger partial charge < -0.3 is 21.7 Å². The van der Waals surface area contributed by atoms with E-state index < -0.39 is 6.04 Å². The molecule has 8 nitrogen and oxygen atoms in total. The maximum Gasteiger partial charge on any atom is 0.239 e. The number of nitrogens with zero attached hydrogens (tertiary/aromatic N) is 1. The van der Waals surface area contributed by atoms with Gasteiger partial charge in [0.15, 0.2) is 0 Å². The van der Waals surface area contributed by atoms with E-state index in [0.717, 1.165) is 31.6 Å². The number of para-hydroxylation sites is 1. The molecule has 1 saturated heterocycles. The normalized spacial score (nSPS) is 16.4. The van der Waals surface area contributed by atoms with E-state index in [9.17, 15) is 14.4 Å². The van der Waals surface area contributed by atoms with E-state index in [1.165, 1.54) is 0 Å². The van der Waals surface area contributed by atoms with E-state index in [4.69, 9.17) is 5.73 Å². The second kappa shape index (κ2) is 10.8. The van der Waals surface area contributed by atoms with Crippen LogP contribution in [0.25, 0.3) is 0 Å². The number of amides is 3. The molecule has 2 rings (SSSR count). The molecule has 1 heterocycles. The summed E-state index contributed by atoms with van der Waals surface area (Å²) in [5.74, 6) is -0.557. The SMILES string of the molecule is CC(C)[C@H](N)C(=O)NCC(=O)NC1CCN(CC(=O)Nc2ccccc2)CC1. The third kappa shape index (κ3) is 7.28. The van der Waals surface area contributed by atoms with Gasteiger partial charge in [0.1, 0.15) is 0 Å². The van der Waals surface area contributed by atoms with Crippen LogP contribution in [0.3, 0.4) is 0 Å². The lowest BCUT2D eigenvalue weighted by atomic mass is 10.0. The minimum Gasteiger partial charge on any atom is -0.352 e. The van der Waals surface area contributed by atoms with Gasteiger partial charge in [-0.05, 0) is 30.9 Å². The Morgan fingerprint density at radius 2 is 1.75 bits per heavy atom. The second-order valence-corrected chi connectivity index (χ2v) is 7.52. The molecular formula is C20H31N5O3. The maximum absolute atomic E-state index is 12.1. The molecule has 1 atom stereocenters. The number of hydrogen-bond acceptors (Lipinski definition) is 5. The molecule has 8 heteroatoms. The summed E-state index contributed by atoms with van der Waals surface area (Å²) >= 11 is 0. The van der Waals surface area contributed by atoms with Gasteiger partial charge in [-0.3, -0.25) is 19.3 Å².